The van der Waals surface area contributed by atoms with Gasteiger partial charge in [-0.2, -0.15) is 0 Å². The Labute approximate surface area is 103 Å². The first-order valence-electron chi connectivity index (χ1n) is 5.91. The van der Waals surface area contributed by atoms with Gasteiger partial charge in [-0.15, -0.1) is 0 Å². The van der Waals surface area contributed by atoms with Gasteiger partial charge >= 0.3 is 0 Å². The highest BCUT2D eigenvalue weighted by molar-refractivity contribution is 5.75. The standard InChI is InChI=1S/C13H21N3O/c1-11-9-15-8-6-12(11)10-14-7-4-5-13(17)16(2)3/h6,8-9,14H,4-5,7,10H2,1-3H3. The molecule has 0 fully saturated rings. The van der Waals surface area contributed by atoms with E-state index in [1.807, 2.05) is 12.3 Å². The van der Waals surface area contributed by atoms with E-state index in [0.717, 1.165) is 19.5 Å². The average molecular weight is 235 g/mol. The average Bonchev–Trinajstić information content (AvgIpc) is 2.30. The normalized spacial score (nSPS) is 10.3. The number of carbonyl (C=O) groups is 1. The number of hydrogen-bond donors (Lipinski definition) is 1. The van der Waals surface area contributed by atoms with E-state index in [2.05, 4.69) is 17.2 Å². The second kappa shape index (κ2) is 7.01. The molecule has 0 saturated heterocycles. The molecule has 0 aliphatic heterocycles. The molecule has 0 aliphatic carbocycles. The van der Waals surface area contributed by atoms with Crippen LogP contribution in [-0.2, 0) is 11.3 Å². The summed E-state index contributed by atoms with van der Waals surface area (Å²) in [4.78, 5) is 17.0. The molecule has 1 N–H and O–H groups in total. The lowest BCUT2D eigenvalue weighted by Gasteiger charge is -2.10. The Bertz CT molecular complexity index is 363. The monoisotopic (exact) mass is 235 g/mol. The van der Waals surface area contributed by atoms with Crippen LogP contribution in [0, 0.1) is 6.92 Å². The fourth-order valence-electron chi connectivity index (χ4n) is 1.51. The fourth-order valence-corrected chi connectivity index (χ4v) is 1.51. The van der Waals surface area contributed by atoms with E-state index in [1.54, 1.807) is 25.2 Å². The molecule has 0 bridgehead atoms. The summed E-state index contributed by atoms with van der Waals surface area (Å²) in [6.07, 6.45) is 5.16. The minimum absolute atomic E-state index is 0.187. The lowest BCUT2D eigenvalue weighted by atomic mass is 10.1. The first-order valence-corrected chi connectivity index (χ1v) is 5.91. The van der Waals surface area contributed by atoms with Crippen molar-refractivity contribution in [1.82, 2.24) is 15.2 Å². The molecule has 1 heterocycles. The quantitative estimate of drug-likeness (QED) is 0.757. The Hall–Kier alpha value is -1.42. The second-order valence-electron chi connectivity index (χ2n) is 4.37. The summed E-state index contributed by atoms with van der Waals surface area (Å²) in [6, 6.07) is 2.02. The lowest BCUT2D eigenvalue weighted by molar-refractivity contribution is -0.128. The topological polar surface area (TPSA) is 45.2 Å². The summed E-state index contributed by atoms with van der Waals surface area (Å²) in [5.74, 6) is 0.187. The summed E-state index contributed by atoms with van der Waals surface area (Å²) in [5, 5.41) is 3.34. The SMILES string of the molecule is Cc1cnccc1CNCCCC(=O)N(C)C. The lowest BCUT2D eigenvalue weighted by Crippen LogP contribution is -2.23. The number of nitrogens with one attached hydrogen (secondary N) is 1. The molecule has 94 valence electrons. The van der Waals surface area contributed by atoms with Gasteiger partial charge in [0, 0.05) is 39.5 Å². The van der Waals surface area contributed by atoms with Crippen molar-refractivity contribution in [2.24, 2.45) is 0 Å². The van der Waals surface area contributed by atoms with Crippen molar-refractivity contribution in [3.63, 3.8) is 0 Å². The number of aromatic nitrogens is 1. The van der Waals surface area contributed by atoms with Crippen LogP contribution in [0.25, 0.3) is 0 Å². The van der Waals surface area contributed by atoms with E-state index in [4.69, 9.17) is 0 Å². The van der Waals surface area contributed by atoms with Gasteiger partial charge in [0.2, 0.25) is 5.91 Å². The minimum atomic E-state index is 0.187. The molecule has 0 saturated carbocycles. The van der Waals surface area contributed by atoms with Gasteiger partial charge in [0.05, 0.1) is 0 Å². The van der Waals surface area contributed by atoms with Crippen LogP contribution in [0.15, 0.2) is 18.5 Å². The zero-order valence-electron chi connectivity index (χ0n) is 10.9. The van der Waals surface area contributed by atoms with Crippen LogP contribution >= 0.6 is 0 Å². The molecule has 1 rings (SSSR count). The van der Waals surface area contributed by atoms with Crippen LogP contribution in [0.5, 0.6) is 0 Å². The molecule has 1 aromatic heterocycles. The minimum Gasteiger partial charge on any atom is -0.349 e. The van der Waals surface area contributed by atoms with Crippen molar-refractivity contribution in [3.8, 4) is 0 Å². The number of rotatable bonds is 6. The maximum atomic E-state index is 11.3. The van der Waals surface area contributed by atoms with E-state index in [0.29, 0.717) is 6.42 Å². The molecule has 17 heavy (non-hydrogen) atoms. The maximum absolute atomic E-state index is 11.3. The Morgan fingerprint density at radius 2 is 2.24 bits per heavy atom. The van der Waals surface area contributed by atoms with Crippen molar-refractivity contribution in [1.29, 1.82) is 0 Å². The van der Waals surface area contributed by atoms with Crippen molar-refractivity contribution in [2.45, 2.75) is 26.3 Å². The van der Waals surface area contributed by atoms with Gasteiger partial charge in [0.1, 0.15) is 0 Å². The summed E-state index contributed by atoms with van der Waals surface area (Å²) >= 11 is 0. The number of carbonyl (C=O) groups excluding carboxylic acids is 1. The van der Waals surface area contributed by atoms with E-state index < -0.39 is 0 Å². The molecule has 0 spiro atoms. The van der Waals surface area contributed by atoms with Gasteiger partial charge in [0.25, 0.3) is 0 Å². The van der Waals surface area contributed by atoms with Gasteiger partial charge in [-0.05, 0) is 37.1 Å². The Morgan fingerprint density at radius 1 is 1.47 bits per heavy atom. The van der Waals surface area contributed by atoms with Gasteiger partial charge < -0.3 is 10.2 Å². The summed E-state index contributed by atoms with van der Waals surface area (Å²) in [6.45, 7) is 3.76. The third-order valence-electron chi connectivity index (χ3n) is 2.69. The van der Waals surface area contributed by atoms with Crippen molar-refractivity contribution in [2.75, 3.05) is 20.6 Å². The second-order valence-corrected chi connectivity index (χ2v) is 4.37. The molecule has 0 aromatic carbocycles. The summed E-state index contributed by atoms with van der Waals surface area (Å²) in [7, 11) is 3.58. The van der Waals surface area contributed by atoms with Crippen molar-refractivity contribution < 1.29 is 4.79 Å². The van der Waals surface area contributed by atoms with Crippen LogP contribution < -0.4 is 5.32 Å². The molecular weight excluding hydrogens is 214 g/mol. The van der Waals surface area contributed by atoms with Crippen LogP contribution in [0.1, 0.15) is 24.0 Å². The summed E-state index contributed by atoms with van der Waals surface area (Å²) in [5.41, 5.74) is 2.46. The molecule has 0 unspecified atom stereocenters. The Morgan fingerprint density at radius 3 is 2.88 bits per heavy atom. The smallest absolute Gasteiger partial charge is 0.222 e. The Kier molecular flexibility index (Phi) is 5.63. The van der Waals surface area contributed by atoms with Crippen LogP contribution in [-0.4, -0.2) is 36.4 Å². The molecular formula is C13H21N3O. The number of aryl methyl sites for hydroxylation is 1. The fraction of sp³-hybridized carbons (Fsp3) is 0.538. The van der Waals surface area contributed by atoms with E-state index in [1.165, 1.54) is 11.1 Å². The molecule has 0 atom stereocenters. The molecule has 1 aromatic rings. The van der Waals surface area contributed by atoms with Gasteiger partial charge in [-0.3, -0.25) is 9.78 Å². The molecule has 0 radical (unpaired) electrons. The molecule has 0 aliphatic rings. The Balaban J connectivity index is 2.17. The largest absolute Gasteiger partial charge is 0.349 e. The molecule has 1 amide bonds. The highest BCUT2D eigenvalue weighted by atomic mass is 16.2. The predicted molar refractivity (Wildman–Crippen MR) is 68.6 cm³/mol. The van der Waals surface area contributed by atoms with E-state index in [9.17, 15) is 4.79 Å². The highest BCUT2D eigenvalue weighted by Gasteiger charge is 2.02. The van der Waals surface area contributed by atoms with Crippen LogP contribution in [0.4, 0.5) is 0 Å². The van der Waals surface area contributed by atoms with Gasteiger partial charge in [0.15, 0.2) is 0 Å². The summed E-state index contributed by atoms with van der Waals surface area (Å²) < 4.78 is 0. The third-order valence-corrected chi connectivity index (χ3v) is 2.69. The van der Waals surface area contributed by atoms with Crippen molar-refractivity contribution in [3.05, 3.63) is 29.6 Å². The molecule has 4 heteroatoms. The number of nitrogens with zero attached hydrogens (tertiary/aromatic N) is 2. The number of pyridine rings is 1. The highest BCUT2D eigenvalue weighted by Crippen LogP contribution is 2.04. The van der Waals surface area contributed by atoms with Gasteiger partial charge in [-0.1, -0.05) is 0 Å². The molecule has 4 nitrogen and oxygen atoms in total. The zero-order chi connectivity index (χ0) is 12.7. The maximum Gasteiger partial charge on any atom is 0.222 e. The van der Waals surface area contributed by atoms with Crippen molar-refractivity contribution >= 4 is 5.91 Å². The van der Waals surface area contributed by atoms with E-state index >= 15 is 0 Å². The van der Waals surface area contributed by atoms with Crippen LogP contribution in [0.2, 0.25) is 0 Å². The third kappa shape index (κ3) is 4.95. The zero-order valence-corrected chi connectivity index (χ0v) is 10.9. The van der Waals surface area contributed by atoms with Gasteiger partial charge in [-0.25, -0.2) is 0 Å². The number of amides is 1. The van der Waals surface area contributed by atoms with E-state index in [-0.39, 0.29) is 5.91 Å². The number of hydrogen-bond acceptors (Lipinski definition) is 3. The predicted octanol–water partition coefficient (Wildman–Crippen LogP) is 1.35. The van der Waals surface area contributed by atoms with Crippen LogP contribution in [0.3, 0.4) is 0 Å². The first kappa shape index (κ1) is 13.6. The first-order chi connectivity index (χ1) is 8.11.